The number of fused-ring (bicyclic) bond motifs is 1. The molecule has 3 heteroatoms. The Kier molecular flexibility index (Phi) is 5.88. The highest BCUT2D eigenvalue weighted by atomic mass is 16.2. The summed E-state index contributed by atoms with van der Waals surface area (Å²) in [5, 5.41) is 0. The van der Waals surface area contributed by atoms with Gasteiger partial charge in [0.15, 0.2) is 0 Å². The summed E-state index contributed by atoms with van der Waals surface area (Å²) in [5.74, 6) is 0.271. The first kappa shape index (κ1) is 21.6. The summed E-state index contributed by atoms with van der Waals surface area (Å²) in [5.41, 5.74) is 3.31. The Balaban J connectivity index is 1.54. The fourth-order valence-electron chi connectivity index (χ4n) is 6.31. The lowest BCUT2D eigenvalue weighted by Gasteiger charge is -2.45. The van der Waals surface area contributed by atoms with E-state index < -0.39 is 0 Å². The molecule has 33 heavy (non-hydrogen) atoms. The van der Waals surface area contributed by atoms with Crippen LogP contribution < -0.4 is 0 Å². The van der Waals surface area contributed by atoms with Crippen molar-refractivity contribution >= 4 is 11.7 Å². The van der Waals surface area contributed by atoms with E-state index >= 15 is 0 Å². The van der Waals surface area contributed by atoms with E-state index in [9.17, 15) is 9.59 Å². The molecule has 0 bridgehead atoms. The summed E-state index contributed by atoms with van der Waals surface area (Å²) < 4.78 is 0. The van der Waals surface area contributed by atoms with Gasteiger partial charge in [0.25, 0.3) is 0 Å². The van der Waals surface area contributed by atoms with Crippen molar-refractivity contribution in [2.45, 2.75) is 37.5 Å². The fourth-order valence-corrected chi connectivity index (χ4v) is 6.31. The monoisotopic (exact) mass is 437 g/mol. The van der Waals surface area contributed by atoms with Crippen LogP contribution in [0.3, 0.4) is 0 Å². The number of likely N-dealkylation sites (tertiary alicyclic amines) is 1. The smallest absolute Gasteiger partial charge is 0.230 e. The molecule has 0 unspecified atom stereocenters. The normalized spacial score (nSPS) is 22.6. The molecule has 0 radical (unpaired) electrons. The molecule has 3 aromatic rings. The zero-order chi connectivity index (χ0) is 22.8. The maximum absolute atomic E-state index is 13.7. The predicted molar refractivity (Wildman–Crippen MR) is 131 cm³/mol. The van der Waals surface area contributed by atoms with Crippen LogP contribution in [0, 0.1) is 11.8 Å². The largest absolute Gasteiger partial charge is 0.341 e. The summed E-state index contributed by atoms with van der Waals surface area (Å²) in [6.45, 7) is 3.23. The topological polar surface area (TPSA) is 37.4 Å². The summed E-state index contributed by atoms with van der Waals surface area (Å²) >= 11 is 0. The van der Waals surface area contributed by atoms with Crippen LogP contribution in [0.1, 0.15) is 48.8 Å². The van der Waals surface area contributed by atoms with Crippen LogP contribution in [0.4, 0.5) is 0 Å². The van der Waals surface area contributed by atoms with Crippen molar-refractivity contribution in [3.63, 3.8) is 0 Å². The molecule has 5 rings (SSSR count). The van der Waals surface area contributed by atoms with Crippen LogP contribution in [-0.2, 0) is 15.0 Å². The standard InChI is InChI=1S/C30H31NO2/c1-2-25(22-12-6-3-7-13-22)29(33)31-20-26-27(21-31)30(19-18-28(26)32,23-14-8-4-9-15-23)24-16-10-5-11-17-24/h3-17,25-27H,2,18-21H2,1H3/t25-,26-,27+/m0/s1. The van der Waals surface area contributed by atoms with Crippen molar-refractivity contribution in [3.8, 4) is 0 Å². The van der Waals surface area contributed by atoms with E-state index in [2.05, 4.69) is 55.5 Å². The molecule has 1 heterocycles. The first-order valence-corrected chi connectivity index (χ1v) is 12.1. The Morgan fingerprint density at radius 3 is 1.97 bits per heavy atom. The fraction of sp³-hybridized carbons (Fsp3) is 0.333. The number of carbonyl (C=O) groups excluding carboxylic acids is 2. The molecule has 1 aliphatic heterocycles. The number of benzene rings is 3. The molecule has 0 spiro atoms. The van der Waals surface area contributed by atoms with Gasteiger partial charge in [-0.05, 0) is 29.5 Å². The van der Waals surface area contributed by atoms with E-state index in [0.29, 0.717) is 25.3 Å². The minimum absolute atomic E-state index is 0.0841. The van der Waals surface area contributed by atoms with Gasteiger partial charge in [0.05, 0.1) is 5.92 Å². The molecule has 3 aromatic carbocycles. The predicted octanol–water partition coefficient (Wildman–Crippen LogP) is 5.60. The van der Waals surface area contributed by atoms with Crippen molar-refractivity contribution in [1.82, 2.24) is 4.90 Å². The second-order valence-electron chi connectivity index (χ2n) is 9.50. The molecule has 1 saturated heterocycles. The molecule has 1 aliphatic carbocycles. The van der Waals surface area contributed by atoms with E-state index in [1.54, 1.807) is 0 Å². The average molecular weight is 438 g/mol. The minimum Gasteiger partial charge on any atom is -0.341 e. The van der Waals surface area contributed by atoms with Gasteiger partial charge in [-0.25, -0.2) is 0 Å². The zero-order valence-electron chi connectivity index (χ0n) is 19.2. The molecule has 3 nitrogen and oxygen atoms in total. The van der Waals surface area contributed by atoms with Crippen molar-refractivity contribution in [1.29, 1.82) is 0 Å². The number of amides is 1. The van der Waals surface area contributed by atoms with Gasteiger partial charge in [0, 0.05) is 36.8 Å². The van der Waals surface area contributed by atoms with Crippen LogP contribution in [0.15, 0.2) is 91.0 Å². The number of carbonyl (C=O) groups is 2. The number of hydrogen-bond acceptors (Lipinski definition) is 2. The van der Waals surface area contributed by atoms with Gasteiger partial charge in [0.2, 0.25) is 5.91 Å². The minimum atomic E-state index is -0.259. The lowest BCUT2D eigenvalue weighted by molar-refractivity contribution is -0.132. The second-order valence-corrected chi connectivity index (χ2v) is 9.50. The highest BCUT2D eigenvalue weighted by Crippen LogP contribution is 2.52. The Bertz CT molecular complexity index is 1070. The lowest BCUT2D eigenvalue weighted by Crippen LogP contribution is -2.47. The van der Waals surface area contributed by atoms with E-state index in [1.165, 1.54) is 11.1 Å². The quantitative estimate of drug-likeness (QED) is 0.521. The number of ketones is 1. The Morgan fingerprint density at radius 2 is 1.42 bits per heavy atom. The Morgan fingerprint density at radius 1 is 0.879 bits per heavy atom. The average Bonchev–Trinajstić information content (AvgIpc) is 3.34. The number of Topliss-reactive ketones (excluding diaryl/α,β-unsaturated/α-hetero) is 1. The van der Waals surface area contributed by atoms with Gasteiger partial charge in [-0.1, -0.05) is 97.9 Å². The van der Waals surface area contributed by atoms with Crippen LogP contribution in [0.5, 0.6) is 0 Å². The van der Waals surface area contributed by atoms with Crippen LogP contribution in [0.2, 0.25) is 0 Å². The summed E-state index contributed by atoms with van der Waals surface area (Å²) in [6.07, 6.45) is 2.10. The molecule has 2 aliphatic rings. The van der Waals surface area contributed by atoms with E-state index in [0.717, 1.165) is 18.4 Å². The Hall–Kier alpha value is -3.20. The van der Waals surface area contributed by atoms with Gasteiger partial charge in [-0.2, -0.15) is 0 Å². The van der Waals surface area contributed by atoms with Crippen molar-refractivity contribution < 1.29 is 9.59 Å². The first-order valence-electron chi connectivity index (χ1n) is 12.1. The molecular weight excluding hydrogens is 406 g/mol. The van der Waals surface area contributed by atoms with Gasteiger partial charge in [-0.15, -0.1) is 0 Å². The second kappa shape index (κ2) is 8.97. The van der Waals surface area contributed by atoms with E-state index in [4.69, 9.17) is 0 Å². The number of rotatable bonds is 5. The zero-order valence-corrected chi connectivity index (χ0v) is 19.2. The van der Waals surface area contributed by atoms with E-state index in [1.807, 2.05) is 47.4 Å². The third-order valence-electron chi connectivity index (χ3n) is 7.93. The van der Waals surface area contributed by atoms with E-state index in [-0.39, 0.29) is 29.1 Å². The lowest BCUT2D eigenvalue weighted by atomic mass is 9.56. The maximum Gasteiger partial charge on any atom is 0.230 e. The SMILES string of the molecule is CC[C@H](C(=O)N1C[C@@H]2C(=O)CCC(c3ccccc3)(c3ccccc3)[C@@H]2C1)c1ccccc1. The van der Waals surface area contributed by atoms with Crippen molar-refractivity contribution in [2.24, 2.45) is 11.8 Å². The maximum atomic E-state index is 13.7. The molecule has 1 saturated carbocycles. The van der Waals surface area contributed by atoms with Gasteiger partial charge < -0.3 is 4.90 Å². The first-order chi connectivity index (χ1) is 16.1. The van der Waals surface area contributed by atoms with Crippen LogP contribution in [-0.4, -0.2) is 29.7 Å². The summed E-state index contributed by atoms with van der Waals surface area (Å²) in [7, 11) is 0. The Labute approximate surface area is 196 Å². The number of nitrogens with zero attached hydrogens (tertiary/aromatic N) is 1. The van der Waals surface area contributed by atoms with Crippen LogP contribution in [0.25, 0.3) is 0 Å². The molecule has 0 aromatic heterocycles. The highest BCUT2D eigenvalue weighted by Gasteiger charge is 2.55. The molecule has 0 N–H and O–H groups in total. The van der Waals surface area contributed by atoms with Gasteiger partial charge in [-0.3, -0.25) is 9.59 Å². The number of hydrogen-bond donors (Lipinski definition) is 0. The summed E-state index contributed by atoms with van der Waals surface area (Å²) in [4.78, 5) is 28.9. The molecule has 168 valence electrons. The third kappa shape index (κ3) is 3.70. The molecule has 2 fully saturated rings. The van der Waals surface area contributed by atoms with Crippen LogP contribution >= 0.6 is 0 Å². The summed E-state index contributed by atoms with van der Waals surface area (Å²) in [6, 6.07) is 31.3. The third-order valence-corrected chi connectivity index (χ3v) is 7.93. The van der Waals surface area contributed by atoms with Gasteiger partial charge >= 0.3 is 0 Å². The molecule has 3 atom stereocenters. The van der Waals surface area contributed by atoms with Gasteiger partial charge in [0.1, 0.15) is 5.78 Å². The van der Waals surface area contributed by atoms with Crippen molar-refractivity contribution in [2.75, 3.05) is 13.1 Å². The highest BCUT2D eigenvalue weighted by molar-refractivity contribution is 5.88. The molecule has 1 amide bonds. The molecular formula is C30H31NO2. The van der Waals surface area contributed by atoms with Crippen molar-refractivity contribution in [3.05, 3.63) is 108 Å².